The fourth-order valence-corrected chi connectivity index (χ4v) is 0.769. The zero-order valence-electron chi connectivity index (χ0n) is 9.72. The van der Waals surface area contributed by atoms with Gasteiger partial charge < -0.3 is 12.8 Å². The SMILES string of the molecule is Cn1c([CH-][CH-]C(C)(C)C)noc1=O.[U].[V].[W]. The van der Waals surface area contributed by atoms with Gasteiger partial charge in [0.1, 0.15) is 0 Å². The van der Waals surface area contributed by atoms with Gasteiger partial charge in [-0.15, -0.1) is 0 Å². The Morgan fingerprint density at radius 2 is 1.88 bits per heavy atom. The summed E-state index contributed by atoms with van der Waals surface area (Å²) in [6.45, 7) is 6.21. The minimum absolute atomic E-state index is 0. The predicted octanol–water partition coefficient (Wildman–Crippen LogP) is 1.17. The van der Waals surface area contributed by atoms with Gasteiger partial charge in [-0.2, -0.15) is 5.41 Å². The fourth-order valence-electron chi connectivity index (χ4n) is 0.769. The molecule has 0 spiro atoms. The standard InChI is InChI=1S/C9H14N2O2.U.V.W/c1-9(2,3)6-5-7-10-13-8(12)11(7)4;;;/h5-6H,1-4H3;;;/q-2;;;. The van der Waals surface area contributed by atoms with E-state index in [4.69, 9.17) is 0 Å². The van der Waals surface area contributed by atoms with Crippen LogP contribution in [0.2, 0.25) is 0 Å². The molecule has 0 N–H and O–H groups in total. The molecule has 0 saturated carbocycles. The average Bonchev–Trinajstić information content (AvgIpc) is 2.29. The van der Waals surface area contributed by atoms with E-state index < -0.39 is 5.76 Å². The number of hydrogen-bond acceptors (Lipinski definition) is 3. The third kappa shape index (κ3) is 7.46. The normalized spacial score (nSPS) is 9.50. The number of rotatable bonds is 2. The van der Waals surface area contributed by atoms with Crippen molar-refractivity contribution < 1.29 is 75.3 Å². The molecule has 1 rings (SSSR count). The second kappa shape index (κ2) is 9.12. The first-order valence-electron chi connectivity index (χ1n) is 4.12. The Labute approximate surface area is 146 Å². The summed E-state index contributed by atoms with van der Waals surface area (Å²) in [5.41, 5.74) is 0.0784. The molecular formula is C9H14N2O2UVW-2. The molecule has 0 aliphatic carbocycles. The molecule has 0 aliphatic heterocycles. The quantitative estimate of drug-likeness (QED) is 0.451. The van der Waals surface area contributed by atoms with E-state index in [9.17, 15) is 4.79 Å². The smallest absolute Gasteiger partial charge is 0.439 e. The Morgan fingerprint density at radius 1 is 1.38 bits per heavy atom. The summed E-state index contributed by atoms with van der Waals surface area (Å²) in [6, 6.07) is 0. The molecule has 1 aromatic rings. The molecule has 1 heterocycles. The largest absolute Gasteiger partial charge is 0.482 e. The van der Waals surface area contributed by atoms with Crippen molar-refractivity contribution in [1.82, 2.24) is 9.72 Å². The average molecular weight is 655 g/mol. The third-order valence-corrected chi connectivity index (χ3v) is 1.57. The van der Waals surface area contributed by atoms with Crippen LogP contribution in [0.3, 0.4) is 0 Å². The Kier molecular flexibility index (Phi) is 12.7. The molecule has 0 bridgehead atoms. The van der Waals surface area contributed by atoms with E-state index in [1.54, 1.807) is 13.5 Å². The molecule has 0 aromatic carbocycles. The van der Waals surface area contributed by atoms with Crippen molar-refractivity contribution in [3.8, 4) is 0 Å². The summed E-state index contributed by atoms with van der Waals surface area (Å²) in [6.07, 6.45) is 3.76. The molecule has 1 radical (unpaired) electrons. The number of nitrogens with zero attached hydrogens (tertiary/aromatic N) is 2. The van der Waals surface area contributed by atoms with E-state index in [1.165, 1.54) is 4.57 Å². The van der Waals surface area contributed by atoms with Crippen molar-refractivity contribution in [2.75, 3.05) is 0 Å². The fraction of sp³-hybridized carbons (Fsp3) is 0.556. The Balaban J connectivity index is -0.000000563. The van der Waals surface area contributed by atoms with Gasteiger partial charge in [0.25, 0.3) is 0 Å². The molecular weight excluding hydrogens is 641 g/mol. The monoisotopic (exact) mass is 655 g/mol. The topological polar surface area (TPSA) is 48.0 Å². The van der Waals surface area contributed by atoms with Crippen molar-refractivity contribution in [3.05, 3.63) is 29.2 Å². The van der Waals surface area contributed by atoms with Crippen LogP contribution in [0.25, 0.3) is 0 Å². The molecule has 16 heavy (non-hydrogen) atoms. The van der Waals surface area contributed by atoms with Gasteiger partial charge in [-0.05, 0) is 5.82 Å². The number of hydrogen-bond donors (Lipinski definition) is 0. The van der Waals surface area contributed by atoms with Crippen LogP contribution in [-0.4, -0.2) is 9.72 Å². The first kappa shape index (κ1) is 22.3. The van der Waals surface area contributed by atoms with E-state index in [-0.39, 0.29) is 76.1 Å². The van der Waals surface area contributed by atoms with Crippen LogP contribution in [0.1, 0.15) is 26.6 Å². The maximum absolute atomic E-state index is 10.9. The second-order valence-electron chi connectivity index (χ2n) is 4.07. The van der Waals surface area contributed by atoms with Gasteiger partial charge in [0.2, 0.25) is 0 Å². The molecule has 0 fully saturated rings. The maximum Gasteiger partial charge on any atom is 0.439 e. The van der Waals surface area contributed by atoms with Gasteiger partial charge >= 0.3 is 5.76 Å². The van der Waals surface area contributed by atoms with Gasteiger partial charge in [0.05, 0.1) is 0 Å². The first-order valence-corrected chi connectivity index (χ1v) is 4.12. The zero-order valence-corrected chi connectivity index (χ0v) is 18.2. The van der Waals surface area contributed by atoms with E-state index in [1.807, 2.05) is 6.42 Å². The summed E-state index contributed by atoms with van der Waals surface area (Å²) in [5, 5.41) is 3.61. The first-order chi connectivity index (χ1) is 5.90. The molecule has 89 valence electrons. The van der Waals surface area contributed by atoms with Gasteiger partial charge in [0, 0.05) is 77.8 Å². The van der Waals surface area contributed by atoms with E-state index >= 15 is 0 Å². The van der Waals surface area contributed by atoms with E-state index in [0.717, 1.165) is 0 Å². The third-order valence-electron chi connectivity index (χ3n) is 1.57. The summed E-state index contributed by atoms with van der Waals surface area (Å²) < 4.78 is 5.83. The van der Waals surface area contributed by atoms with Crippen LogP contribution in [0.4, 0.5) is 0 Å². The van der Waals surface area contributed by atoms with Crippen molar-refractivity contribution in [1.29, 1.82) is 0 Å². The van der Waals surface area contributed by atoms with Crippen LogP contribution in [0, 0.1) is 49.4 Å². The molecule has 4 nitrogen and oxygen atoms in total. The number of aromatic nitrogens is 2. The van der Waals surface area contributed by atoms with Crippen LogP contribution >= 0.6 is 0 Å². The Bertz CT molecular complexity index is 346. The Hall–Kier alpha value is 1.13. The van der Waals surface area contributed by atoms with Gasteiger partial charge in [-0.25, -0.2) is 4.79 Å². The second-order valence-corrected chi connectivity index (χ2v) is 4.07. The van der Waals surface area contributed by atoms with Crippen LogP contribution < -0.4 is 5.76 Å². The van der Waals surface area contributed by atoms with Gasteiger partial charge in [0.15, 0.2) is 0 Å². The maximum atomic E-state index is 10.9. The van der Waals surface area contributed by atoms with E-state index in [0.29, 0.717) is 5.82 Å². The van der Waals surface area contributed by atoms with Crippen molar-refractivity contribution in [2.24, 2.45) is 12.5 Å². The van der Waals surface area contributed by atoms with Crippen LogP contribution in [-0.2, 0) is 46.7 Å². The van der Waals surface area contributed by atoms with Crippen LogP contribution in [0.5, 0.6) is 0 Å². The molecule has 1 aromatic heterocycles. The summed E-state index contributed by atoms with van der Waals surface area (Å²) in [4.78, 5) is 10.9. The molecule has 0 amide bonds. The molecule has 0 saturated heterocycles. The van der Waals surface area contributed by atoms with Crippen LogP contribution in [0.15, 0.2) is 9.32 Å². The van der Waals surface area contributed by atoms with Crippen molar-refractivity contribution >= 4 is 0 Å². The van der Waals surface area contributed by atoms with E-state index in [2.05, 4.69) is 30.5 Å². The van der Waals surface area contributed by atoms with Crippen molar-refractivity contribution in [2.45, 2.75) is 20.8 Å². The van der Waals surface area contributed by atoms with Crippen molar-refractivity contribution in [3.63, 3.8) is 0 Å². The minimum atomic E-state index is -0.437. The molecule has 0 unspecified atom stereocenters. The summed E-state index contributed by atoms with van der Waals surface area (Å²) in [7, 11) is 1.63. The van der Waals surface area contributed by atoms with Gasteiger partial charge in [-0.1, -0.05) is 25.9 Å². The summed E-state index contributed by atoms with van der Waals surface area (Å²) >= 11 is 0. The molecule has 0 atom stereocenters. The molecule has 7 heteroatoms. The Morgan fingerprint density at radius 3 is 2.19 bits per heavy atom. The minimum Gasteiger partial charge on any atom is -0.482 e. The van der Waals surface area contributed by atoms with Gasteiger partial charge in [-0.3, -0.25) is 9.09 Å². The zero-order chi connectivity index (χ0) is 10.1. The predicted molar refractivity (Wildman–Crippen MR) is 48.9 cm³/mol. The molecule has 0 aliphatic rings. The summed E-state index contributed by atoms with van der Waals surface area (Å²) in [5.74, 6) is 0.105.